The number of rotatable bonds is 7. The summed E-state index contributed by atoms with van der Waals surface area (Å²) in [7, 11) is 0. The maximum atomic E-state index is 14.0. The van der Waals surface area contributed by atoms with Gasteiger partial charge in [-0.3, -0.25) is 9.59 Å². The van der Waals surface area contributed by atoms with Crippen LogP contribution in [0.1, 0.15) is 71.1 Å². The van der Waals surface area contributed by atoms with E-state index in [1.54, 1.807) is 0 Å². The summed E-state index contributed by atoms with van der Waals surface area (Å²) in [6.07, 6.45) is 2.94. The first-order valence-electron chi connectivity index (χ1n) is 15.3. The quantitative estimate of drug-likeness (QED) is 0.155. The Kier molecular flexibility index (Phi) is 7.83. The Morgan fingerprint density at radius 3 is 2.76 bits per heavy atom. The summed E-state index contributed by atoms with van der Waals surface area (Å²) < 4.78 is 13.9. The van der Waals surface area contributed by atoms with Gasteiger partial charge in [0.15, 0.2) is 17.7 Å². The molecule has 3 aromatic carbocycles. The standard InChI is InChI=1S/C35H34BrN5O4/c1-19(2)30-35-41-31(33(43)37-16-15-21-18-38-25-9-5-3-7-22(21)25)32(45-35)29-23-17-20(12-14-28(42)40-30)11-13-27(23)44-34(29)39-26-10-6-4-8-24(26)36/h3-11,13,17-19,29-30,34,38-39H,12,14-16H2,1-2H3,(H,37,43)(H,40,42). The number of hydrogen-bond donors (Lipinski definition) is 4. The van der Waals surface area contributed by atoms with Gasteiger partial charge < -0.3 is 30.1 Å². The van der Waals surface area contributed by atoms with E-state index >= 15 is 0 Å². The summed E-state index contributed by atoms with van der Waals surface area (Å²) in [4.78, 5) is 35.1. The van der Waals surface area contributed by atoms with Crippen LogP contribution in [0.2, 0.25) is 0 Å². The lowest BCUT2D eigenvalue weighted by molar-refractivity contribution is -0.122. The van der Waals surface area contributed by atoms with Crippen LogP contribution in [0.15, 0.2) is 81.8 Å². The highest BCUT2D eigenvalue weighted by Gasteiger charge is 2.43. The molecule has 4 N–H and O–H groups in total. The number of ether oxygens (including phenoxy) is 1. The Morgan fingerprint density at radius 2 is 1.91 bits per heavy atom. The molecule has 5 aromatic rings. The van der Waals surface area contributed by atoms with Crippen molar-refractivity contribution < 1.29 is 18.7 Å². The molecule has 2 aliphatic heterocycles. The molecule has 0 radical (unpaired) electrons. The molecule has 7 rings (SSSR count). The molecule has 4 bridgehead atoms. The van der Waals surface area contributed by atoms with Gasteiger partial charge >= 0.3 is 0 Å². The summed E-state index contributed by atoms with van der Waals surface area (Å²) in [6, 6.07) is 21.4. The predicted molar refractivity (Wildman–Crippen MR) is 175 cm³/mol. The third-order valence-corrected chi connectivity index (χ3v) is 9.24. The van der Waals surface area contributed by atoms with Crippen molar-refractivity contribution >= 4 is 44.3 Å². The van der Waals surface area contributed by atoms with Crippen molar-refractivity contribution in [1.82, 2.24) is 20.6 Å². The highest BCUT2D eigenvalue weighted by Crippen LogP contribution is 2.45. The SMILES string of the molecule is CC(C)C1NC(=O)CCc2ccc3c(c2)C(c2oc1nc2C(=O)NCCc1c[nH]c2ccccc12)C(Nc1ccccc1Br)O3. The van der Waals surface area contributed by atoms with Crippen molar-refractivity contribution in [3.05, 3.63) is 111 Å². The molecule has 3 unspecified atom stereocenters. The van der Waals surface area contributed by atoms with E-state index < -0.39 is 18.2 Å². The highest BCUT2D eigenvalue weighted by molar-refractivity contribution is 9.10. The lowest BCUT2D eigenvalue weighted by atomic mass is 9.92. The van der Waals surface area contributed by atoms with Crippen LogP contribution in [0.25, 0.3) is 10.9 Å². The molecule has 0 aliphatic carbocycles. The predicted octanol–water partition coefficient (Wildman–Crippen LogP) is 6.61. The van der Waals surface area contributed by atoms with Crippen LogP contribution in [0.3, 0.4) is 0 Å². The Morgan fingerprint density at radius 1 is 1.09 bits per heavy atom. The number of oxazole rings is 1. The number of benzene rings is 3. The fourth-order valence-electron chi connectivity index (χ4n) is 6.20. The van der Waals surface area contributed by atoms with Crippen LogP contribution >= 0.6 is 15.9 Å². The van der Waals surface area contributed by atoms with E-state index in [1.165, 1.54) is 0 Å². The summed E-state index contributed by atoms with van der Waals surface area (Å²) in [5, 5.41) is 10.8. The fourth-order valence-corrected chi connectivity index (χ4v) is 6.60. The van der Waals surface area contributed by atoms with Gasteiger partial charge in [-0.05, 0) is 70.1 Å². The van der Waals surface area contributed by atoms with Crippen LogP contribution in [-0.2, 0) is 17.6 Å². The summed E-state index contributed by atoms with van der Waals surface area (Å²) in [6.45, 7) is 4.41. The number of halogens is 1. The number of aryl methyl sites for hydroxylation is 1. The molecule has 230 valence electrons. The summed E-state index contributed by atoms with van der Waals surface area (Å²) >= 11 is 3.64. The number of aromatic amines is 1. The van der Waals surface area contributed by atoms with E-state index in [9.17, 15) is 9.59 Å². The number of carbonyl (C=O) groups is 2. The Hall–Kier alpha value is -4.57. The smallest absolute Gasteiger partial charge is 0.273 e. The fraction of sp³-hybridized carbons (Fsp3) is 0.286. The summed E-state index contributed by atoms with van der Waals surface area (Å²) in [5.41, 5.74) is 5.10. The molecule has 9 nitrogen and oxygen atoms in total. The van der Waals surface area contributed by atoms with Gasteiger partial charge in [-0.2, -0.15) is 0 Å². The molecule has 2 aliphatic rings. The molecule has 3 atom stereocenters. The third kappa shape index (κ3) is 5.70. The minimum absolute atomic E-state index is 0.0245. The minimum atomic E-state index is -0.581. The number of fused-ring (bicyclic) bond motifs is 5. The number of nitrogens with one attached hydrogen (secondary N) is 4. The van der Waals surface area contributed by atoms with E-state index in [0.717, 1.165) is 37.8 Å². The van der Waals surface area contributed by atoms with Crippen molar-refractivity contribution in [1.29, 1.82) is 0 Å². The van der Waals surface area contributed by atoms with Crippen LogP contribution < -0.4 is 20.7 Å². The maximum Gasteiger partial charge on any atom is 0.273 e. The van der Waals surface area contributed by atoms with Crippen LogP contribution in [0.5, 0.6) is 5.75 Å². The number of H-pyrrole nitrogens is 1. The normalized spacial score (nSPS) is 19.0. The van der Waals surface area contributed by atoms with E-state index in [4.69, 9.17) is 14.1 Å². The Labute approximate surface area is 269 Å². The van der Waals surface area contributed by atoms with Gasteiger partial charge in [-0.25, -0.2) is 4.98 Å². The zero-order chi connectivity index (χ0) is 31.1. The van der Waals surface area contributed by atoms with Crippen molar-refractivity contribution in [3.63, 3.8) is 0 Å². The van der Waals surface area contributed by atoms with E-state index in [-0.39, 0.29) is 23.4 Å². The number of carbonyl (C=O) groups excluding carboxylic acids is 2. The first-order valence-corrected chi connectivity index (χ1v) is 16.1. The number of amides is 2. The topological polar surface area (TPSA) is 121 Å². The second-order valence-corrected chi connectivity index (χ2v) is 12.8. The van der Waals surface area contributed by atoms with Gasteiger partial charge in [0.1, 0.15) is 17.7 Å². The average Bonchev–Trinajstić information content (AvgIpc) is 3.74. The van der Waals surface area contributed by atoms with E-state index in [2.05, 4.69) is 49.0 Å². The molecule has 45 heavy (non-hydrogen) atoms. The highest BCUT2D eigenvalue weighted by atomic mass is 79.9. The monoisotopic (exact) mass is 667 g/mol. The zero-order valence-corrected chi connectivity index (χ0v) is 26.6. The lowest BCUT2D eigenvalue weighted by Crippen LogP contribution is -2.32. The van der Waals surface area contributed by atoms with Crippen LogP contribution in [0.4, 0.5) is 5.69 Å². The molecular formula is C35H34BrN5O4. The number of anilines is 1. The lowest BCUT2D eigenvalue weighted by Gasteiger charge is -2.22. The van der Waals surface area contributed by atoms with Gasteiger partial charge in [0.25, 0.3) is 5.91 Å². The molecule has 0 saturated carbocycles. The van der Waals surface area contributed by atoms with Gasteiger partial charge in [0.2, 0.25) is 11.8 Å². The first kappa shape index (κ1) is 29.2. The number of aromatic nitrogens is 2. The van der Waals surface area contributed by atoms with E-state index in [0.29, 0.717) is 43.2 Å². The molecule has 2 aromatic heterocycles. The van der Waals surface area contributed by atoms with Gasteiger partial charge in [0.05, 0.1) is 5.69 Å². The maximum absolute atomic E-state index is 14.0. The van der Waals surface area contributed by atoms with Crippen LogP contribution in [-0.4, -0.2) is 34.6 Å². The summed E-state index contributed by atoms with van der Waals surface area (Å²) in [5.74, 6) is 0.455. The molecular weight excluding hydrogens is 634 g/mol. The molecule has 0 saturated heterocycles. The van der Waals surface area contributed by atoms with Crippen molar-refractivity contribution in [2.75, 3.05) is 11.9 Å². The minimum Gasteiger partial charge on any atom is -0.469 e. The van der Waals surface area contributed by atoms with Gasteiger partial charge in [-0.15, -0.1) is 0 Å². The number of nitrogens with zero attached hydrogens (tertiary/aromatic N) is 1. The van der Waals surface area contributed by atoms with E-state index in [1.807, 2.05) is 74.6 Å². The Bertz CT molecular complexity index is 1900. The molecule has 0 fully saturated rings. The zero-order valence-electron chi connectivity index (χ0n) is 25.0. The molecule has 0 spiro atoms. The number of hydrogen-bond acceptors (Lipinski definition) is 6. The molecule has 10 heteroatoms. The second kappa shape index (κ2) is 12.1. The third-order valence-electron chi connectivity index (χ3n) is 8.55. The van der Waals surface area contributed by atoms with Crippen molar-refractivity contribution in [3.8, 4) is 5.75 Å². The molecule has 2 amide bonds. The second-order valence-electron chi connectivity index (χ2n) is 11.9. The largest absolute Gasteiger partial charge is 0.469 e. The number of para-hydroxylation sites is 2. The van der Waals surface area contributed by atoms with Crippen LogP contribution in [0, 0.1) is 5.92 Å². The average molecular weight is 669 g/mol. The van der Waals surface area contributed by atoms with Crippen molar-refractivity contribution in [2.45, 2.75) is 51.3 Å². The molecule has 4 heterocycles. The Balaban J connectivity index is 1.27. The first-order chi connectivity index (χ1) is 21.9. The van der Waals surface area contributed by atoms with Gasteiger partial charge in [-0.1, -0.05) is 56.3 Å². The van der Waals surface area contributed by atoms with Gasteiger partial charge in [0, 0.05) is 40.1 Å². The van der Waals surface area contributed by atoms with Crippen molar-refractivity contribution in [2.24, 2.45) is 5.92 Å².